The summed E-state index contributed by atoms with van der Waals surface area (Å²) in [5.41, 5.74) is 1.12. The lowest BCUT2D eigenvalue weighted by molar-refractivity contribution is -0.149. The van der Waals surface area contributed by atoms with Gasteiger partial charge >= 0.3 is 11.9 Å². The van der Waals surface area contributed by atoms with E-state index in [9.17, 15) is 9.59 Å². The van der Waals surface area contributed by atoms with Crippen LogP contribution in [0.15, 0.2) is 30.3 Å². The molecule has 2 aliphatic heterocycles. The normalized spacial score (nSPS) is 35.9. The van der Waals surface area contributed by atoms with Crippen molar-refractivity contribution in [3.63, 3.8) is 0 Å². The van der Waals surface area contributed by atoms with Gasteiger partial charge in [-0.25, -0.2) is 0 Å². The van der Waals surface area contributed by atoms with E-state index in [0.29, 0.717) is 26.4 Å². The molecule has 5 atom stereocenters. The first kappa shape index (κ1) is 13.8. The van der Waals surface area contributed by atoms with Crippen LogP contribution in [0.3, 0.4) is 0 Å². The van der Waals surface area contributed by atoms with E-state index in [0.717, 1.165) is 5.56 Å². The number of ether oxygens (including phenoxy) is 3. The lowest BCUT2D eigenvalue weighted by atomic mass is 9.89. The van der Waals surface area contributed by atoms with Gasteiger partial charge in [0.1, 0.15) is 0 Å². The highest BCUT2D eigenvalue weighted by atomic mass is 16.6. The molecule has 1 unspecified atom stereocenters. The molecule has 0 aromatic heterocycles. The van der Waals surface area contributed by atoms with Gasteiger partial charge in [-0.15, -0.1) is 0 Å². The van der Waals surface area contributed by atoms with Gasteiger partial charge in [0.2, 0.25) is 0 Å². The molecule has 2 saturated heterocycles. The highest BCUT2D eigenvalue weighted by Gasteiger charge is 2.63. The summed E-state index contributed by atoms with van der Waals surface area (Å²) in [6.07, 6.45) is 0. The third-order valence-electron chi connectivity index (χ3n) is 5.21. The van der Waals surface area contributed by atoms with E-state index in [1.165, 1.54) is 0 Å². The number of rotatable bonds is 4. The van der Waals surface area contributed by atoms with Crippen LogP contribution >= 0.6 is 0 Å². The molecule has 116 valence electrons. The molecule has 3 aliphatic rings. The number of hydrogen-bond acceptors (Lipinski definition) is 5. The van der Waals surface area contributed by atoms with Gasteiger partial charge in [0, 0.05) is 11.8 Å². The lowest BCUT2D eigenvalue weighted by Gasteiger charge is -2.21. The Morgan fingerprint density at radius 1 is 0.955 bits per heavy atom. The first-order chi connectivity index (χ1) is 10.8. The number of carbonyl (C=O) groups excluding carboxylic acids is 2. The molecular formula is C17H18O5. The summed E-state index contributed by atoms with van der Waals surface area (Å²) in [5.74, 6) is -0.821. The van der Waals surface area contributed by atoms with E-state index >= 15 is 0 Å². The molecule has 2 heterocycles. The molecule has 5 heteroatoms. The van der Waals surface area contributed by atoms with Gasteiger partial charge in [0.05, 0.1) is 38.3 Å². The Bertz CT molecular complexity index is 554. The second kappa shape index (κ2) is 5.39. The summed E-state index contributed by atoms with van der Waals surface area (Å²) >= 11 is 0. The standard InChI is InChI=1S/C17H18O5/c18-16-14-12(8-21-16)11(13-9-22-17(19)15(13)14)7-20-6-10-4-2-1-3-5-10/h1-5,11-15H,6-9H2/t11?,12-,13+,14-,15+. The fraction of sp³-hybridized carbons (Fsp3) is 0.529. The van der Waals surface area contributed by atoms with Crippen molar-refractivity contribution in [2.75, 3.05) is 19.8 Å². The molecule has 1 aromatic rings. The van der Waals surface area contributed by atoms with Crippen LogP contribution in [-0.2, 0) is 30.4 Å². The summed E-state index contributed by atoms with van der Waals surface area (Å²) in [5, 5.41) is 0. The largest absolute Gasteiger partial charge is 0.465 e. The summed E-state index contributed by atoms with van der Waals surface area (Å²) in [6, 6.07) is 9.97. The topological polar surface area (TPSA) is 61.8 Å². The SMILES string of the molecule is O=C1OC[C@H]2C(COCc3ccccc3)[C@H]3COC(=O)[C@H]3[C@@H]12. The molecule has 0 amide bonds. The number of esters is 2. The van der Waals surface area contributed by atoms with Crippen molar-refractivity contribution in [3.05, 3.63) is 35.9 Å². The van der Waals surface area contributed by atoms with Crippen molar-refractivity contribution in [1.29, 1.82) is 0 Å². The van der Waals surface area contributed by atoms with Gasteiger partial charge in [-0.05, 0) is 11.5 Å². The summed E-state index contributed by atoms with van der Waals surface area (Å²) in [4.78, 5) is 23.8. The average Bonchev–Trinajstić information content (AvgIpc) is 3.16. The number of cyclic esters (lactones) is 2. The van der Waals surface area contributed by atoms with Crippen LogP contribution in [-0.4, -0.2) is 31.8 Å². The highest BCUT2D eigenvalue weighted by molar-refractivity contribution is 5.85. The molecule has 0 bridgehead atoms. The first-order valence-electron chi connectivity index (χ1n) is 7.70. The average molecular weight is 302 g/mol. The Labute approximate surface area is 128 Å². The third-order valence-corrected chi connectivity index (χ3v) is 5.21. The maximum atomic E-state index is 11.9. The van der Waals surface area contributed by atoms with E-state index < -0.39 is 0 Å². The van der Waals surface area contributed by atoms with Gasteiger partial charge in [-0.1, -0.05) is 30.3 Å². The maximum absolute atomic E-state index is 11.9. The van der Waals surface area contributed by atoms with E-state index in [-0.39, 0.29) is 41.5 Å². The minimum absolute atomic E-state index is 0.0890. The zero-order valence-electron chi connectivity index (χ0n) is 12.1. The van der Waals surface area contributed by atoms with Gasteiger partial charge in [-0.3, -0.25) is 9.59 Å². The Morgan fingerprint density at radius 2 is 1.55 bits per heavy atom. The van der Waals surface area contributed by atoms with Gasteiger partial charge < -0.3 is 14.2 Å². The quantitative estimate of drug-likeness (QED) is 0.787. The number of hydrogen-bond donors (Lipinski definition) is 0. The monoisotopic (exact) mass is 302 g/mol. The van der Waals surface area contributed by atoms with Crippen LogP contribution in [0.25, 0.3) is 0 Å². The molecule has 5 nitrogen and oxygen atoms in total. The maximum Gasteiger partial charge on any atom is 0.310 e. The fourth-order valence-electron chi connectivity index (χ4n) is 4.16. The molecule has 4 rings (SSSR count). The van der Waals surface area contributed by atoms with Crippen molar-refractivity contribution in [2.45, 2.75) is 6.61 Å². The van der Waals surface area contributed by atoms with Crippen LogP contribution in [0.1, 0.15) is 5.56 Å². The minimum Gasteiger partial charge on any atom is -0.465 e. The number of benzene rings is 1. The second-order valence-corrected chi connectivity index (χ2v) is 6.30. The van der Waals surface area contributed by atoms with Crippen LogP contribution in [0, 0.1) is 29.6 Å². The second-order valence-electron chi connectivity index (χ2n) is 6.30. The smallest absolute Gasteiger partial charge is 0.310 e. The number of fused-ring (bicyclic) bond motifs is 3. The van der Waals surface area contributed by atoms with E-state index in [1.54, 1.807) is 0 Å². The molecular weight excluding hydrogens is 284 g/mol. The van der Waals surface area contributed by atoms with Gasteiger partial charge in [0.25, 0.3) is 0 Å². The Kier molecular flexibility index (Phi) is 3.37. The van der Waals surface area contributed by atoms with Crippen LogP contribution in [0.2, 0.25) is 0 Å². The predicted molar refractivity (Wildman–Crippen MR) is 75.5 cm³/mol. The third kappa shape index (κ3) is 2.11. The predicted octanol–water partition coefficient (Wildman–Crippen LogP) is 1.41. The molecule has 0 radical (unpaired) electrons. The van der Waals surface area contributed by atoms with Gasteiger partial charge in [-0.2, -0.15) is 0 Å². The van der Waals surface area contributed by atoms with Crippen molar-refractivity contribution in [1.82, 2.24) is 0 Å². The fourth-order valence-corrected chi connectivity index (χ4v) is 4.16. The summed E-state index contributed by atoms with van der Waals surface area (Å²) in [6.45, 7) is 1.88. The Hall–Kier alpha value is -1.88. The first-order valence-corrected chi connectivity index (χ1v) is 7.70. The lowest BCUT2D eigenvalue weighted by Crippen LogP contribution is -2.24. The van der Waals surface area contributed by atoms with Crippen LogP contribution < -0.4 is 0 Å². The minimum atomic E-state index is -0.328. The summed E-state index contributed by atoms with van der Waals surface area (Å²) < 4.78 is 16.2. The number of carbonyl (C=O) groups is 2. The molecule has 1 saturated carbocycles. The molecule has 0 spiro atoms. The van der Waals surface area contributed by atoms with Crippen molar-refractivity contribution in [3.8, 4) is 0 Å². The summed E-state index contributed by atoms with van der Waals surface area (Å²) in [7, 11) is 0. The highest BCUT2D eigenvalue weighted by Crippen LogP contribution is 2.52. The van der Waals surface area contributed by atoms with E-state index in [4.69, 9.17) is 14.2 Å². The Balaban J connectivity index is 1.45. The molecule has 0 N–H and O–H groups in total. The Morgan fingerprint density at radius 3 is 2.14 bits per heavy atom. The van der Waals surface area contributed by atoms with Crippen LogP contribution in [0.4, 0.5) is 0 Å². The van der Waals surface area contributed by atoms with Crippen LogP contribution in [0.5, 0.6) is 0 Å². The molecule has 22 heavy (non-hydrogen) atoms. The molecule has 1 aromatic carbocycles. The van der Waals surface area contributed by atoms with Crippen molar-refractivity contribution < 1.29 is 23.8 Å². The van der Waals surface area contributed by atoms with Gasteiger partial charge in [0.15, 0.2) is 0 Å². The van der Waals surface area contributed by atoms with E-state index in [1.807, 2.05) is 30.3 Å². The zero-order chi connectivity index (χ0) is 15.1. The van der Waals surface area contributed by atoms with Crippen molar-refractivity contribution in [2.24, 2.45) is 29.6 Å². The van der Waals surface area contributed by atoms with E-state index in [2.05, 4.69) is 0 Å². The molecule has 3 fully saturated rings. The van der Waals surface area contributed by atoms with Crippen molar-refractivity contribution >= 4 is 11.9 Å². The molecule has 1 aliphatic carbocycles. The zero-order valence-corrected chi connectivity index (χ0v) is 12.1.